The van der Waals surface area contributed by atoms with Crippen molar-refractivity contribution in [2.75, 3.05) is 31.1 Å². The Morgan fingerprint density at radius 3 is 2.82 bits per heavy atom. The Bertz CT molecular complexity index is 603. The third-order valence-corrected chi connectivity index (χ3v) is 4.66. The molecular weight excluding hydrogens is 298 g/mol. The lowest BCUT2D eigenvalue weighted by atomic mass is 10.2. The first-order valence-electron chi connectivity index (χ1n) is 7.35. The summed E-state index contributed by atoms with van der Waals surface area (Å²) in [7, 11) is 0. The molecule has 3 rings (SSSR count). The van der Waals surface area contributed by atoms with E-state index < -0.39 is 6.10 Å². The standard InChI is InChI=1S/C16H19N3O2S/c20-14-11-18(13-3-5-17-6-4-13)7-8-19(12-14)16(21)10-15-2-1-9-22-15/h1-6,9,14,20H,7-8,10-12H2/t14-/m0/s1. The number of carbonyl (C=O) groups excluding carboxylic acids is 1. The number of carbonyl (C=O) groups is 1. The average molecular weight is 317 g/mol. The van der Waals surface area contributed by atoms with Gasteiger partial charge in [0.15, 0.2) is 0 Å². The quantitative estimate of drug-likeness (QED) is 0.929. The molecule has 1 aliphatic rings. The highest BCUT2D eigenvalue weighted by Gasteiger charge is 2.24. The molecule has 0 unspecified atom stereocenters. The molecule has 1 amide bonds. The van der Waals surface area contributed by atoms with E-state index in [1.165, 1.54) is 0 Å². The normalized spacial score (nSPS) is 19.0. The van der Waals surface area contributed by atoms with Gasteiger partial charge in [0.05, 0.1) is 12.5 Å². The van der Waals surface area contributed by atoms with Gasteiger partial charge < -0.3 is 14.9 Å². The van der Waals surface area contributed by atoms with Crippen LogP contribution in [0.25, 0.3) is 0 Å². The first-order chi connectivity index (χ1) is 10.7. The summed E-state index contributed by atoms with van der Waals surface area (Å²) in [6, 6.07) is 7.78. The fraction of sp³-hybridized carbons (Fsp3) is 0.375. The number of hydrogen-bond donors (Lipinski definition) is 1. The van der Waals surface area contributed by atoms with Gasteiger partial charge in [0.2, 0.25) is 5.91 Å². The molecule has 0 aliphatic carbocycles. The minimum absolute atomic E-state index is 0.0816. The number of anilines is 1. The number of pyridine rings is 1. The molecule has 0 spiro atoms. The minimum Gasteiger partial charge on any atom is -0.389 e. The predicted octanol–water partition coefficient (Wildman–Crippen LogP) is 1.40. The van der Waals surface area contributed by atoms with Crippen LogP contribution in [0.15, 0.2) is 42.0 Å². The number of hydrogen-bond acceptors (Lipinski definition) is 5. The zero-order valence-electron chi connectivity index (χ0n) is 12.3. The number of aromatic nitrogens is 1. The van der Waals surface area contributed by atoms with E-state index >= 15 is 0 Å². The van der Waals surface area contributed by atoms with Gasteiger partial charge in [-0.3, -0.25) is 9.78 Å². The highest BCUT2D eigenvalue weighted by atomic mass is 32.1. The molecule has 0 aromatic carbocycles. The van der Waals surface area contributed by atoms with Crippen LogP contribution in [-0.2, 0) is 11.2 Å². The lowest BCUT2D eigenvalue weighted by Gasteiger charge is -2.23. The van der Waals surface area contributed by atoms with Crippen molar-refractivity contribution in [1.82, 2.24) is 9.88 Å². The zero-order valence-corrected chi connectivity index (χ0v) is 13.1. The Labute approximate surface area is 133 Å². The van der Waals surface area contributed by atoms with Crippen LogP contribution >= 0.6 is 11.3 Å². The molecule has 22 heavy (non-hydrogen) atoms. The van der Waals surface area contributed by atoms with Crippen molar-refractivity contribution in [2.24, 2.45) is 0 Å². The Morgan fingerprint density at radius 1 is 1.27 bits per heavy atom. The monoisotopic (exact) mass is 317 g/mol. The SMILES string of the molecule is O=C(Cc1cccs1)N1CCN(c2ccncc2)C[C@H](O)C1. The first-order valence-corrected chi connectivity index (χ1v) is 8.23. The number of β-amino-alcohol motifs (C(OH)–C–C–N with tert-alkyl or cyclic N) is 1. The van der Waals surface area contributed by atoms with Crippen LogP contribution in [0.3, 0.4) is 0 Å². The summed E-state index contributed by atoms with van der Waals surface area (Å²) in [6.07, 6.45) is 3.36. The van der Waals surface area contributed by atoms with E-state index in [0.29, 0.717) is 26.1 Å². The molecule has 0 radical (unpaired) electrons. The maximum Gasteiger partial charge on any atom is 0.227 e. The molecule has 1 N–H and O–H groups in total. The summed E-state index contributed by atoms with van der Waals surface area (Å²) in [6.45, 7) is 2.28. The van der Waals surface area contributed by atoms with Crippen LogP contribution in [0.1, 0.15) is 4.88 Å². The summed E-state index contributed by atoms with van der Waals surface area (Å²) in [5, 5.41) is 12.2. The fourth-order valence-electron chi connectivity index (χ4n) is 2.68. The van der Waals surface area contributed by atoms with Gasteiger partial charge in [-0.1, -0.05) is 6.07 Å². The topological polar surface area (TPSA) is 56.7 Å². The molecule has 2 aromatic rings. The van der Waals surface area contributed by atoms with Gasteiger partial charge in [-0.05, 0) is 23.6 Å². The molecule has 0 bridgehead atoms. The predicted molar refractivity (Wildman–Crippen MR) is 87.1 cm³/mol. The van der Waals surface area contributed by atoms with Crippen molar-refractivity contribution in [1.29, 1.82) is 0 Å². The molecule has 2 aromatic heterocycles. The van der Waals surface area contributed by atoms with Gasteiger partial charge in [0.25, 0.3) is 0 Å². The van der Waals surface area contributed by atoms with Crippen LogP contribution in [0.5, 0.6) is 0 Å². The maximum atomic E-state index is 12.4. The van der Waals surface area contributed by atoms with Crippen molar-refractivity contribution >= 4 is 22.9 Å². The van der Waals surface area contributed by atoms with Crippen LogP contribution in [0.2, 0.25) is 0 Å². The Balaban J connectivity index is 1.65. The first kappa shape index (κ1) is 15.0. The van der Waals surface area contributed by atoms with E-state index in [4.69, 9.17) is 0 Å². The summed E-state index contributed by atoms with van der Waals surface area (Å²) in [5.74, 6) is 0.0816. The third-order valence-electron chi connectivity index (χ3n) is 3.79. The highest BCUT2D eigenvalue weighted by Crippen LogP contribution is 2.17. The van der Waals surface area contributed by atoms with Crippen LogP contribution in [-0.4, -0.2) is 53.2 Å². The van der Waals surface area contributed by atoms with Crippen LogP contribution < -0.4 is 4.90 Å². The fourth-order valence-corrected chi connectivity index (χ4v) is 3.38. The molecule has 1 aliphatic heterocycles. The van der Waals surface area contributed by atoms with Crippen molar-refractivity contribution in [3.8, 4) is 0 Å². The van der Waals surface area contributed by atoms with E-state index in [2.05, 4.69) is 9.88 Å². The second-order valence-corrected chi connectivity index (χ2v) is 6.43. The van der Waals surface area contributed by atoms with Gasteiger partial charge in [0.1, 0.15) is 0 Å². The van der Waals surface area contributed by atoms with Crippen molar-refractivity contribution in [3.05, 3.63) is 46.9 Å². The van der Waals surface area contributed by atoms with Gasteiger partial charge in [-0.15, -0.1) is 11.3 Å². The van der Waals surface area contributed by atoms with Gasteiger partial charge in [-0.2, -0.15) is 0 Å². The molecule has 5 nitrogen and oxygen atoms in total. The van der Waals surface area contributed by atoms with Crippen molar-refractivity contribution in [2.45, 2.75) is 12.5 Å². The number of thiophene rings is 1. The Kier molecular flexibility index (Phi) is 4.70. The molecule has 1 saturated heterocycles. The van der Waals surface area contributed by atoms with Gasteiger partial charge in [0, 0.05) is 49.1 Å². The molecule has 6 heteroatoms. The Morgan fingerprint density at radius 2 is 2.09 bits per heavy atom. The zero-order chi connectivity index (χ0) is 15.4. The molecule has 0 saturated carbocycles. The smallest absolute Gasteiger partial charge is 0.227 e. The van der Waals surface area contributed by atoms with E-state index in [9.17, 15) is 9.90 Å². The number of rotatable bonds is 3. The Hall–Kier alpha value is -1.92. The summed E-state index contributed by atoms with van der Waals surface area (Å²) in [5.41, 5.74) is 1.03. The third kappa shape index (κ3) is 3.64. The van der Waals surface area contributed by atoms with Crippen LogP contribution in [0.4, 0.5) is 5.69 Å². The van der Waals surface area contributed by atoms with Crippen molar-refractivity contribution < 1.29 is 9.90 Å². The molecule has 1 fully saturated rings. The van der Waals surface area contributed by atoms with E-state index in [-0.39, 0.29) is 5.91 Å². The molecule has 116 valence electrons. The summed E-state index contributed by atoms with van der Waals surface area (Å²) >= 11 is 1.59. The van der Waals surface area contributed by atoms with Crippen molar-refractivity contribution in [3.63, 3.8) is 0 Å². The highest BCUT2D eigenvalue weighted by molar-refractivity contribution is 7.10. The second kappa shape index (κ2) is 6.89. The average Bonchev–Trinajstić information content (AvgIpc) is 2.95. The second-order valence-electron chi connectivity index (χ2n) is 5.40. The number of amides is 1. The molecule has 1 atom stereocenters. The number of aliphatic hydroxyl groups excluding tert-OH is 1. The number of aliphatic hydroxyl groups is 1. The van der Waals surface area contributed by atoms with E-state index in [0.717, 1.165) is 17.1 Å². The van der Waals surface area contributed by atoms with E-state index in [1.54, 1.807) is 28.6 Å². The maximum absolute atomic E-state index is 12.4. The summed E-state index contributed by atoms with van der Waals surface area (Å²) < 4.78 is 0. The lowest BCUT2D eigenvalue weighted by molar-refractivity contribution is -0.131. The molecular formula is C16H19N3O2S. The van der Waals surface area contributed by atoms with Gasteiger partial charge >= 0.3 is 0 Å². The van der Waals surface area contributed by atoms with E-state index in [1.807, 2.05) is 29.6 Å². The lowest BCUT2D eigenvalue weighted by Crippen LogP contribution is -2.38. The number of nitrogens with zero attached hydrogens (tertiary/aromatic N) is 3. The van der Waals surface area contributed by atoms with Crippen LogP contribution in [0, 0.1) is 0 Å². The largest absolute Gasteiger partial charge is 0.389 e. The molecule has 3 heterocycles. The van der Waals surface area contributed by atoms with Gasteiger partial charge in [-0.25, -0.2) is 0 Å². The summed E-state index contributed by atoms with van der Waals surface area (Å²) in [4.78, 5) is 21.4. The minimum atomic E-state index is -0.539.